The van der Waals surface area contributed by atoms with Gasteiger partial charge < -0.3 is 4.90 Å². The van der Waals surface area contributed by atoms with Crippen molar-refractivity contribution in [3.8, 4) is 6.07 Å². The molecule has 0 aliphatic carbocycles. The predicted molar refractivity (Wildman–Crippen MR) is 70.1 cm³/mol. The summed E-state index contributed by atoms with van der Waals surface area (Å²) >= 11 is 0. The number of carbonyl (C=O) groups is 1. The molecule has 0 saturated carbocycles. The van der Waals surface area contributed by atoms with Gasteiger partial charge in [0.05, 0.1) is 24.0 Å². The van der Waals surface area contributed by atoms with Crippen molar-refractivity contribution in [2.24, 2.45) is 5.92 Å². The zero-order valence-corrected chi connectivity index (χ0v) is 11.4. The van der Waals surface area contributed by atoms with Gasteiger partial charge in [-0.3, -0.25) is 4.79 Å². The van der Waals surface area contributed by atoms with Gasteiger partial charge >= 0.3 is 6.18 Å². The van der Waals surface area contributed by atoms with E-state index in [9.17, 15) is 18.0 Å². The first kappa shape index (κ1) is 15.4. The highest BCUT2D eigenvalue weighted by atomic mass is 19.4. The molecule has 2 rings (SSSR count). The summed E-state index contributed by atoms with van der Waals surface area (Å²) in [6.07, 6.45) is -2.72. The zero-order chi connectivity index (χ0) is 15.5. The van der Waals surface area contributed by atoms with Gasteiger partial charge in [0.2, 0.25) is 5.91 Å². The highest BCUT2D eigenvalue weighted by molar-refractivity contribution is 5.78. The fourth-order valence-electron chi connectivity index (χ4n) is 2.41. The van der Waals surface area contributed by atoms with Crippen molar-refractivity contribution in [1.29, 1.82) is 5.26 Å². The normalized spacial score (nSPS) is 19.1. The molecule has 1 aliphatic heterocycles. The molecule has 0 radical (unpaired) electrons. The van der Waals surface area contributed by atoms with Crippen LogP contribution in [-0.2, 0) is 17.4 Å². The number of likely N-dealkylation sites (tertiary alicyclic amines) is 1. The van der Waals surface area contributed by atoms with E-state index in [4.69, 9.17) is 5.26 Å². The van der Waals surface area contributed by atoms with Crippen LogP contribution in [0, 0.1) is 17.2 Å². The summed E-state index contributed by atoms with van der Waals surface area (Å²) in [6.45, 7) is 1.02. The molecule has 0 aromatic heterocycles. The largest absolute Gasteiger partial charge is 0.416 e. The summed E-state index contributed by atoms with van der Waals surface area (Å²) in [6, 6.07) is 6.78. The molecule has 1 amide bonds. The summed E-state index contributed by atoms with van der Waals surface area (Å²) in [7, 11) is 0. The van der Waals surface area contributed by atoms with Gasteiger partial charge in [0.25, 0.3) is 0 Å². The molecule has 1 atom stereocenters. The molecule has 1 saturated heterocycles. The van der Waals surface area contributed by atoms with E-state index >= 15 is 0 Å². The second-order valence-corrected chi connectivity index (χ2v) is 5.18. The van der Waals surface area contributed by atoms with Gasteiger partial charge in [0.1, 0.15) is 0 Å². The Morgan fingerprint density at radius 3 is 2.57 bits per heavy atom. The van der Waals surface area contributed by atoms with E-state index < -0.39 is 11.7 Å². The molecule has 1 aromatic rings. The van der Waals surface area contributed by atoms with Crippen molar-refractivity contribution in [1.82, 2.24) is 4.90 Å². The summed E-state index contributed by atoms with van der Waals surface area (Å²) in [4.78, 5) is 13.7. The van der Waals surface area contributed by atoms with Gasteiger partial charge in [-0.2, -0.15) is 18.4 Å². The lowest BCUT2D eigenvalue weighted by atomic mass is 9.99. The molecule has 0 N–H and O–H groups in total. The van der Waals surface area contributed by atoms with Gasteiger partial charge in [-0.25, -0.2) is 0 Å². The Morgan fingerprint density at radius 2 is 2.00 bits per heavy atom. The smallest absolute Gasteiger partial charge is 0.341 e. The minimum Gasteiger partial charge on any atom is -0.341 e. The van der Waals surface area contributed by atoms with Crippen LogP contribution in [0.1, 0.15) is 24.0 Å². The van der Waals surface area contributed by atoms with Gasteiger partial charge in [0, 0.05) is 13.1 Å². The maximum Gasteiger partial charge on any atom is 0.416 e. The number of benzene rings is 1. The maximum absolute atomic E-state index is 12.4. The number of halogens is 3. The van der Waals surface area contributed by atoms with Crippen molar-refractivity contribution in [3.05, 3.63) is 35.4 Å². The van der Waals surface area contributed by atoms with Crippen LogP contribution in [0.3, 0.4) is 0 Å². The molecule has 1 fully saturated rings. The number of piperidine rings is 1. The zero-order valence-electron chi connectivity index (χ0n) is 11.4. The average molecular weight is 296 g/mol. The molecule has 1 aromatic carbocycles. The average Bonchev–Trinajstić information content (AvgIpc) is 2.47. The fraction of sp³-hybridized carbons (Fsp3) is 0.467. The molecule has 0 spiro atoms. The number of nitriles is 1. The van der Waals surface area contributed by atoms with Crippen LogP contribution in [0.2, 0.25) is 0 Å². The molecule has 21 heavy (non-hydrogen) atoms. The number of amides is 1. The van der Waals surface area contributed by atoms with E-state index in [0.717, 1.165) is 25.0 Å². The number of carbonyl (C=O) groups excluding carboxylic acids is 1. The second-order valence-electron chi connectivity index (χ2n) is 5.18. The van der Waals surface area contributed by atoms with Gasteiger partial charge in [-0.15, -0.1) is 0 Å². The third-order valence-corrected chi connectivity index (χ3v) is 3.59. The Labute approximate surface area is 121 Å². The summed E-state index contributed by atoms with van der Waals surface area (Å²) in [5, 5.41) is 8.89. The van der Waals surface area contributed by atoms with Crippen LogP contribution in [0.15, 0.2) is 24.3 Å². The van der Waals surface area contributed by atoms with E-state index in [0.29, 0.717) is 18.7 Å². The van der Waals surface area contributed by atoms with Crippen LogP contribution < -0.4 is 0 Å². The Morgan fingerprint density at radius 1 is 1.33 bits per heavy atom. The molecule has 112 valence electrons. The molecule has 0 bridgehead atoms. The third kappa shape index (κ3) is 3.97. The number of hydrogen-bond donors (Lipinski definition) is 0. The van der Waals surface area contributed by atoms with E-state index in [1.54, 1.807) is 4.90 Å². The number of hydrogen-bond acceptors (Lipinski definition) is 2. The standard InChI is InChI=1S/C15H15F3N2O/c16-15(17,18)13-5-3-11(4-6-13)8-14(21)20-7-1-2-12(9-19)10-20/h3-6,12H,1-2,7-8,10H2. The number of alkyl halides is 3. The molecule has 1 aliphatic rings. The first-order valence-corrected chi connectivity index (χ1v) is 6.73. The quantitative estimate of drug-likeness (QED) is 0.842. The first-order chi connectivity index (χ1) is 9.90. The number of rotatable bonds is 2. The van der Waals surface area contributed by atoms with Crippen molar-refractivity contribution in [2.75, 3.05) is 13.1 Å². The van der Waals surface area contributed by atoms with E-state index in [-0.39, 0.29) is 18.2 Å². The van der Waals surface area contributed by atoms with E-state index in [1.807, 2.05) is 0 Å². The Kier molecular flexibility index (Phi) is 4.51. The van der Waals surface area contributed by atoms with Crippen LogP contribution in [-0.4, -0.2) is 23.9 Å². The SMILES string of the molecule is N#CC1CCCN(C(=O)Cc2ccc(C(F)(F)F)cc2)C1. The van der Waals surface area contributed by atoms with E-state index in [2.05, 4.69) is 6.07 Å². The van der Waals surface area contributed by atoms with Crippen LogP contribution in [0.4, 0.5) is 13.2 Å². The molecule has 3 nitrogen and oxygen atoms in total. The minimum absolute atomic E-state index is 0.0658. The Hall–Kier alpha value is -2.03. The molecule has 1 heterocycles. The fourth-order valence-corrected chi connectivity index (χ4v) is 2.41. The van der Waals surface area contributed by atoms with Crippen molar-refractivity contribution < 1.29 is 18.0 Å². The van der Waals surface area contributed by atoms with Gasteiger partial charge in [0.15, 0.2) is 0 Å². The monoisotopic (exact) mass is 296 g/mol. The first-order valence-electron chi connectivity index (χ1n) is 6.73. The van der Waals surface area contributed by atoms with Crippen molar-refractivity contribution in [2.45, 2.75) is 25.4 Å². The van der Waals surface area contributed by atoms with Crippen LogP contribution in [0.5, 0.6) is 0 Å². The molecular formula is C15H15F3N2O. The lowest BCUT2D eigenvalue weighted by Crippen LogP contribution is -2.40. The lowest BCUT2D eigenvalue weighted by molar-refractivity contribution is -0.137. The van der Waals surface area contributed by atoms with Crippen LogP contribution in [0.25, 0.3) is 0 Å². The highest BCUT2D eigenvalue weighted by Crippen LogP contribution is 2.29. The van der Waals surface area contributed by atoms with Gasteiger partial charge in [-0.05, 0) is 30.5 Å². The van der Waals surface area contributed by atoms with Crippen LogP contribution >= 0.6 is 0 Å². The summed E-state index contributed by atoms with van der Waals surface area (Å²) in [5.41, 5.74) is -0.173. The summed E-state index contributed by atoms with van der Waals surface area (Å²) < 4.78 is 37.3. The minimum atomic E-state index is -4.37. The predicted octanol–water partition coefficient (Wildman–Crippen LogP) is 3.01. The van der Waals surface area contributed by atoms with Gasteiger partial charge in [-0.1, -0.05) is 12.1 Å². The Bertz CT molecular complexity index is 546. The molecule has 6 heteroatoms. The molecular weight excluding hydrogens is 281 g/mol. The lowest BCUT2D eigenvalue weighted by Gasteiger charge is -2.29. The highest BCUT2D eigenvalue weighted by Gasteiger charge is 2.30. The maximum atomic E-state index is 12.4. The second kappa shape index (κ2) is 6.17. The van der Waals surface area contributed by atoms with Crippen molar-refractivity contribution in [3.63, 3.8) is 0 Å². The topological polar surface area (TPSA) is 44.1 Å². The Balaban J connectivity index is 1.98. The third-order valence-electron chi connectivity index (χ3n) is 3.59. The van der Waals surface area contributed by atoms with Crippen molar-refractivity contribution >= 4 is 5.91 Å². The molecule has 1 unspecified atom stereocenters. The number of nitrogens with zero attached hydrogens (tertiary/aromatic N) is 2. The summed E-state index contributed by atoms with van der Waals surface area (Å²) in [5.74, 6) is -0.287. The van der Waals surface area contributed by atoms with E-state index in [1.165, 1.54) is 12.1 Å².